The molecule has 0 unspecified atom stereocenters. The summed E-state index contributed by atoms with van der Waals surface area (Å²) in [5, 5.41) is 3.28. The lowest BCUT2D eigenvalue weighted by molar-refractivity contribution is -0.153. The maximum absolute atomic E-state index is 13.5. The summed E-state index contributed by atoms with van der Waals surface area (Å²) in [5.41, 5.74) is 0.551. The summed E-state index contributed by atoms with van der Waals surface area (Å²) in [7, 11) is 0. The highest BCUT2D eigenvalue weighted by atomic mass is 35.5. The van der Waals surface area contributed by atoms with Crippen molar-refractivity contribution in [2.75, 3.05) is 0 Å². The third-order valence-corrected chi connectivity index (χ3v) is 5.89. The second kappa shape index (κ2) is 6.64. The second-order valence-electron chi connectivity index (χ2n) is 7.66. The van der Waals surface area contributed by atoms with E-state index in [9.17, 15) is 9.18 Å². The van der Waals surface area contributed by atoms with Crippen molar-refractivity contribution in [3.8, 4) is 0 Å². The lowest BCUT2D eigenvalue weighted by atomic mass is 9.66. The maximum atomic E-state index is 13.5. The molecule has 24 heavy (non-hydrogen) atoms. The van der Waals surface area contributed by atoms with Crippen LogP contribution >= 0.6 is 11.6 Å². The van der Waals surface area contributed by atoms with Crippen LogP contribution in [0.3, 0.4) is 0 Å². The number of amides is 1. The van der Waals surface area contributed by atoms with Gasteiger partial charge in [-0.25, -0.2) is 4.39 Å². The Morgan fingerprint density at radius 2 is 2.17 bits per heavy atom. The zero-order valence-corrected chi connectivity index (χ0v) is 15.2. The van der Waals surface area contributed by atoms with E-state index in [1.54, 1.807) is 19.1 Å². The molecule has 1 amide bonds. The van der Waals surface area contributed by atoms with Gasteiger partial charge in [-0.2, -0.15) is 0 Å². The Bertz CT molecular complexity index is 638. The Kier molecular flexibility index (Phi) is 4.89. The van der Waals surface area contributed by atoms with Crippen molar-refractivity contribution in [1.29, 1.82) is 0 Å². The lowest BCUT2D eigenvalue weighted by Gasteiger charge is -2.52. The van der Waals surface area contributed by atoms with E-state index in [-0.39, 0.29) is 28.7 Å². The summed E-state index contributed by atoms with van der Waals surface area (Å²) in [5.74, 6) is 0.478. The maximum Gasteiger partial charge on any atom is 0.217 e. The van der Waals surface area contributed by atoms with Crippen molar-refractivity contribution >= 4 is 17.5 Å². The summed E-state index contributed by atoms with van der Waals surface area (Å²) >= 11 is 5.95. The number of fused-ring (bicyclic) bond motifs is 1. The van der Waals surface area contributed by atoms with Gasteiger partial charge in [0.2, 0.25) is 5.91 Å². The number of halogens is 2. The molecule has 2 aliphatic rings. The van der Waals surface area contributed by atoms with Gasteiger partial charge in [-0.05, 0) is 43.4 Å². The molecule has 1 saturated carbocycles. The number of carbonyl (C=O) groups is 1. The van der Waals surface area contributed by atoms with Crippen LogP contribution in [0.5, 0.6) is 0 Å². The fourth-order valence-corrected chi connectivity index (χ4v) is 4.65. The Morgan fingerprint density at radius 1 is 1.42 bits per heavy atom. The van der Waals surface area contributed by atoms with Gasteiger partial charge >= 0.3 is 0 Å². The molecule has 132 valence electrons. The van der Waals surface area contributed by atoms with Crippen LogP contribution in [-0.2, 0) is 9.53 Å². The number of benzene rings is 1. The lowest BCUT2D eigenvalue weighted by Crippen LogP contribution is -2.60. The first-order chi connectivity index (χ1) is 11.3. The van der Waals surface area contributed by atoms with Crippen LogP contribution in [0, 0.1) is 17.7 Å². The quantitative estimate of drug-likeness (QED) is 0.841. The van der Waals surface area contributed by atoms with Crippen LogP contribution in [0.4, 0.5) is 4.39 Å². The molecule has 5 atom stereocenters. The van der Waals surface area contributed by atoms with Crippen molar-refractivity contribution in [3.63, 3.8) is 0 Å². The molecule has 1 N–H and O–H groups in total. The molecular formula is C19H25ClFNO2. The summed E-state index contributed by atoms with van der Waals surface area (Å²) in [6.45, 7) is 5.92. The van der Waals surface area contributed by atoms with Crippen molar-refractivity contribution < 1.29 is 13.9 Å². The summed E-state index contributed by atoms with van der Waals surface area (Å²) in [6.07, 6.45) is 3.79. The molecule has 0 spiro atoms. The Hall–Kier alpha value is -1.13. The van der Waals surface area contributed by atoms with Crippen LogP contribution in [-0.4, -0.2) is 17.6 Å². The first-order valence-electron chi connectivity index (χ1n) is 8.67. The van der Waals surface area contributed by atoms with Crippen LogP contribution in [0.25, 0.3) is 0 Å². The zero-order valence-electron chi connectivity index (χ0n) is 14.4. The SMILES string of the molecule is CC(=O)N[C@]1(C)C[C@H](c2ccc(F)c(Cl)c2)O[C@@H]2C[C@H](C)CC[C@H]21. The molecule has 5 heteroatoms. The molecule has 0 aromatic heterocycles. The van der Waals surface area contributed by atoms with Gasteiger partial charge in [-0.15, -0.1) is 0 Å². The Labute approximate surface area is 147 Å². The standard InChI is InChI=1S/C19H25ClFNO2/c1-11-4-6-14-17(8-11)24-18(10-19(14,3)22-12(2)23)13-5-7-16(21)15(20)9-13/h5,7,9,11,14,17-18H,4,6,8,10H2,1-3H3,(H,22,23)/t11-,14-,17-,18-,19-/m1/s1. The zero-order chi connectivity index (χ0) is 17.5. The molecule has 1 saturated heterocycles. The topological polar surface area (TPSA) is 38.3 Å². The summed E-state index contributed by atoms with van der Waals surface area (Å²) in [4.78, 5) is 11.8. The molecule has 0 bridgehead atoms. The number of ether oxygens (including phenoxy) is 1. The molecule has 0 radical (unpaired) electrons. The summed E-state index contributed by atoms with van der Waals surface area (Å²) in [6, 6.07) is 4.75. The van der Waals surface area contributed by atoms with E-state index in [4.69, 9.17) is 16.3 Å². The van der Waals surface area contributed by atoms with Gasteiger partial charge < -0.3 is 10.1 Å². The highest BCUT2D eigenvalue weighted by Crippen LogP contribution is 2.48. The second-order valence-corrected chi connectivity index (χ2v) is 8.07. The van der Waals surface area contributed by atoms with Gasteiger partial charge in [-0.1, -0.05) is 31.0 Å². The monoisotopic (exact) mass is 353 g/mol. The molecule has 3 nitrogen and oxygen atoms in total. The van der Waals surface area contributed by atoms with Crippen molar-refractivity contribution in [1.82, 2.24) is 5.32 Å². The minimum absolute atomic E-state index is 0.0207. The Balaban J connectivity index is 1.91. The molecule has 1 aliphatic heterocycles. The van der Waals surface area contributed by atoms with Crippen LogP contribution in [0.15, 0.2) is 18.2 Å². The predicted octanol–water partition coefficient (Wildman–Crippen LogP) is 4.64. The number of hydrogen-bond donors (Lipinski definition) is 1. The van der Waals surface area contributed by atoms with Gasteiger partial charge in [-0.3, -0.25) is 4.79 Å². The third-order valence-electron chi connectivity index (χ3n) is 5.60. The van der Waals surface area contributed by atoms with Gasteiger partial charge in [0.25, 0.3) is 0 Å². The van der Waals surface area contributed by atoms with Crippen molar-refractivity contribution in [3.05, 3.63) is 34.6 Å². The fourth-order valence-electron chi connectivity index (χ4n) is 4.46. The minimum atomic E-state index is -0.426. The van der Waals surface area contributed by atoms with Gasteiger partial charge in [0, 0.05) is 24.8 Å². The number of hydrogen-bond acceptors (Lipinski definition) is 2. The molecule has 1 heterocycles. The van der Waals surface area contributed by atoms with E-state index >= 15 is 0 Å². The molecule has 3 rings (SSSR count). The predicted molar refractivity (Wildman–Crippen MR) is 92.4 cm³/mol. The molecule has 2 fully saturated rings. The summed E-state index contributed by atoms with van der Waals surface area (Å²) < 4.78 is 19.9. The Morgan fingerprint density at radius 3 is 2.83 bits per heavy atom. The average molecular weight is 354 g/mol. The van der Waals surface area contributed by atoms with Gasteiger partial charge in [0.05, 0.1) is 17.2 Å². The highest BCUT2D eigenvalue weighted by Gasteiger charge is 2.49. The van der Waals surface area contributed by atoms with E-state index in [2.05, 4.69) is 19.2 Å². The molecule has 1 aliphatic carbocycles. The van der Waals surface area contributed by atoms with E-state index in [1.807, 2.05) is 0 Å². The smallest absolute Gasteiger partial charge is 0.217 e. The van der Waals surface area contributed by atoms with E-state index < -0.39 is 5.82 Å². The first kappa shape index (κ1) is 17.7. The van der Waals surface area contributed by atoms with Gasteiger partial charge in [0.1, 0.15) is 5.82 Å². The van der Waals surface area contributed by atoms with Crippen LogP contribution in [0.2, 0.25) is 5.02 Å². The number of nitrogens with one attached hydrogen (secondary N) is 1. The third kappa shape index (κ3) is 3.45. The van der Waals surface area contributed by atoms with E-state index in [0.717, 1.165) is 24.8 Å². The number of carbonyl (C=O) groups excluding carboxylic acids is 1. The van der Waals surface area contributed by atoms with Crippen molar-refractivity contribution in [2.45, 2.75) is 64.2 Å². The highest BCUT2D eigenvalue weighted by molar-refractivity contribution is 6.30. The van der Waals surface area contributed by atoms with E-state index in [0.29, 0.717) is 18.3 Å². The van der Waals surface area contributed by atoms with Gasteiger partial charge in [0.15, 0.2) is 0 Å². The molecule has 1 aromatic carbocycles. The fraction of sp³-hybridized carbons (Fsp3) is 0.632. The minimum Gasteiger partial charge on any atom is -0.370 e. The van der Waals surface area contributed by atoms with Crippen LogP contribution < -0.4 is 5.32 Å². The molecular weight excluding hydrogens is 329 g/mol. The normalized spacial score (nSPS) is 36.0. The number of rotatable bonds is 2. The average Bonchev–Trinajstić information content (AvgIpc) is 2.48. The van der Waals surface area contributed by atoms with Crippen LogP contribution in [0.1, 0.15) is 58.1 Å². The van der Waals surface area contributed by atoms with Crippen molar-refractivity contribution in [2.24, 2.45) is 11.8 Å². The largest absolute Gasteiger partial charge is 0.370 e. The van der Waals surface area contributed by atoms with E-state index in [1.165, 1.54) is 6.07 Å². The molecule has 1 aromatic rings. The first-order valence-corrected chi connectivity index (χ1v) is 9.05.